The van der Waals surface area contributed by atoms with Crippen LogP contribution in [0.1, 0.15) is 22.4 Å². The smallest absolute Gasteiger partial charge is 0.133 e. The second-order valence-electron chi connectivity index (χ2n) is 19.4. The van der Waals surface area contributed by atoms with E-state index in [-0.39, 0.29) is 0 Å². The summed E-state index contributed by atoms with van der Waals surface area (Å²) in [7, 11) is 7.69. The van der Waals surface area contributed by atoms with Gasteiger partial charge in [-0.3, -0.25) is 0 Å². The van der Waals surface area contributed by atoms with Crippen LogP contribution in [-0.4, -0.2) is 130 Å². The quantitative estimate of drug-likeness (QED) is 0.0916. The maximum absolute atomic E-state index is 6.07. The van der Waals surface area contributed by atoms with E-state index in [9.17, 15) is 0 Å². The van der Waals surface area contributed by atoms with Crippen molar-refractivity contribution in [1.82, 2.24) is 48.8 Å². The first-order valence-corrected chi connectivity index (χ1v) is 26.3. The van der Waals surface area contributed by atoms with Crippen LogP contribution in [0.3, 0.4) is 0 Å². The lowest BCUT2D eigenvalue weighted by Crippen LogP contribution is -2.44. The molecule has 16 heteroatoms. The Morgan fingerprint density at radius 2 is 0.974 bits per heavy atom. The summed E-state index contributed by atoms with van der Waals surface area (Å²) in [6.45, 7) is 10.1. The van der Waals surface area contributed by atoms with Crippen molar-refractivity contribution in [2.75, 3.05) is 96.2 Å². The predicted molar refractivity (Wildman–Crippen MR) is 310 cm³/mol. The Bertz CT molecular complexity index is 3570. The molecule has 0 unspecified atom stereocenters. The minimum Gasteiger partial charge on any atom is -0.496 e. The van der Waals surface area contributed by atoms with E-state index >= 15 is 0 Å². The van der Waals surface area contributed by atoms with Gasteiger partial charge in [0.25, 0.3) is 0 Å². The molecule has 6 aromatic carbocycles. The van der Waals surface area contributed by atoms with E-state index in [4.69, 9.17) is 26.8 Å². The molecule has 2 aliphatic rings. The molecule has 12 rings (SSSR count). The fourth-order valence-corrected chi connectivity index (χ4v) is 10.1. The van der Waals surface area contributed by atoms with Crippen LogP contribution in [0.5, 0.6) is 11.5 Å². The molecule has 392 valence electrons. The van der Waals surface area contributed by atoms with Crippen LogP contribution in [0.15, 0.2) is 171 Å². The van der Waals surface area contributed by atoms with Gasteiger partial charge in [-0.15, -0.1) is 0 Å². The average Bonchev–Trinajstić information content (AvgIpc) is 4.10. The highest BCUT2D eigenvalue weighted by atomic mass is 35.5. The number of para-hydroxylation sites is 6. The number of aromatic nitrogens is 8. The number of hydrogen-bond donors (Lipinski definition) is 1. The Hall–Kier alpha value is -8.37. The first kappa shape index (κ1) is 52.1. The zero-order valence-electron chi connectivity index (χ0n) is 44.1. The number of halogens is 1. The van der Waals surface area contributed by atoms with Crippen LogP contribution < -0.4 is 25.0 Å². The Labute approximate surface area is 455 Å². The fourth-order valence-electron chi connectivity index (χ4n) is 10.0. The van der Waals surface area contributed by atoms with E-state index in [0.29, 0.717) is 5.15 Å². The molecule has 77 heavy (non-hydrogen) atoms. The van der Waals surface area contributed by atoms with Crippen LogP contribution >= 0.6 is 11.6 Å². The van der Waals surface area contributed by atoms with Gasteiger partial charge in [0.1, 0.15) is 29.3 Å². The Kier molecular flexibility index (Phi) is 16.6. The summed E-state index contributed by atoms with van der Waals surface area (Å²) in [5.41, 5.74) is 22.1. The average molecular weight is 1050 g/mol. The fraction of sp³-hybridized carbons (Fsp3) is 0.246. The third-order valence-corrected chi connectivity index (χ3v) is 14.4. The molecule has 2 N–H and O–H groups in total. The van der Waals surface area contributed by atoms with Crippen LogP contribution in [0.25, 0.3) is 44.6 Å². The molecule has 0 bridgehead atoms. The first-order chi connectivity index (χ1) is 37.7. The van der Waals surface area contributed by atoms with Crippen molar-refractivity contribution in [1.29, 1.82) is 0 Å². The van der Waals surface area contributed by atoms with E-state index in [1.54, 1.807) is 26.6 Å². The van der Waals surface area contributed by atoms with Gasteiger partial charge in [-0.2, -0.15) is 0 Å². The van der Waals surface area contributed by atoms with Crippen molar-refractivity contribution < 1.29 is 9.47 Å². The molecular weight excluding hydrogens is 982 g/mol. The minimum atomic E-state index is 0.422. The number of nitrogens with two attached hydrogens (primary N) is 1. The molecule has 2 saturated heterocycles. The number of anilines is 3. The molecule has 2 aliphatic heterocycles. The van der Waals surface area contributed by atoms with Crippen molar-refractivity contribution in [2.24, 2.45) is 0 Å². The van der Waals surface area contributed by atoms with Crippen LogP contribution in [0, 0.1) is 0 Å². The highest BCUT2D eigenvalue weighted by Crippen LogP contribution is 2.32. The minimum absolute atomic E-state index is 0.422. The molecule has 2 fully saturated rings. The molecule has 0 atom stereocenters. The molecule has 4 aromatic heterocycles. The van der Waals surface area contributed by atoms with E-state index in [1.165, 1.54) is 34.4 Å². The van der Waals surface area contributed by atoms with Crippen molar-refractivity contribution in [3.05, 3.63) is 198 Å². The summed E-state index contributed by atoms with van der Waals surface area (Å²) in [6.07, 6.45) is 7.68. The van der Waals surface area contributed by atoms with E-state index in [0.717, 1.165) is 139 Å². The Morgan fingerprint density at radius 1 is 0.494 bits per heavy atom. The number of fused-ring (bicyclic) bond motifs is 2. The molecule has 10 aromatic rings. The maximum atomic E-state index is 6.07. The zero-order valence-corrected chi connectivity index (χ0v) is 44.8. The lowest BCUT2D eigenvalue weighted by molar-refractivity contribution is 0.312. The Morgan fingerprint density at radius 3 is 1.52 bits per heavy atom. The predicted octanol–water partition coefficient (Wildman–Crippen LogP) is 10.1. The van der Waals surface area contributed by atoms with Crippen LogP contribution in [0.4, 0.5) is 17.1 Å². The molecule has 0 spiro atoms. The lowest BCUT2D eigenvalue weighted by Gasteiger charge is -2.35. The lowest BCUT2D eigenvalue weighted by atomic mass is 10.0. The number of imidazole rings is 2. The summed E-state index contributed by atoms with van der Waals surface area (Å²) >= 11 is 5.80. The van der Waals surface area contributed by atoms with Gasteiger partial charge in [0.2, 0.25) is 0 Å². The summed E-state index contributed by atoms with van der Waals surface area (Å²) in [5, 5.41) is 0.422. The molecule has 6 heterocycles. The van der Waals surface area contributed by atoms with E-state index in [2.05, 4.69) is 139 Å². The van der Waals surface area contributed by atoms with Gasteiger partial charge in [0, 0.05) is 98.7 Å². The van der Waals surface area contributed by atoms with Crippen molar-refractivity contribution >= 4 is 50.7 Å². The van der Waals surface area contributed by atoms with E-state index in [1.807, 2.05) is 85.5 Å². The number of hydrogen-bond acceptors (Lipinski definition) is 13. The van der Waals surface area contributed by atoms with E-state index < -0.39 is 0 Å². The summed E-state index contributed by atoms with van der Waals surface area (Å²) in [5.74, 6) is 1.58. The van der Waals surface area contributed by atoms with Gasteiger partial charge in [-0.1, -0.05) is 72.3 Å². The number of methoxy groups -OCH3 is 2. The van der Waals surface area contributed by atoms with Crippen molar-refractivity contribution in [3.63, 3.8) is 0 Å². The third kappa shape index (κ3) is 12.7. The topological polar surface area (TPSA) is 145 Å². The third-order valence-electron chi connectivity index (χ3n) is 14.2. The molecule has 0 amide bonds. The second kappa shape index (κ2) is 24.5. The van der Waals surface area contributed by atoms with Crippen molar-refractivity contribution in [2.45, 2.75) is 19.5 Å². The van der Waals surface area contributed by atoms with Gasteiger partial charge >= 0.3 is 0 Å². The number of ether oxygens (including phenoxy) is 2. The van der Waals surface area contributed by atoms with Gasteiger partial charge < -0.3 is 43.9 Å². The second-order valence-corrected chi connectivity index (χ2v) is 19.7. The number of nitrogen functional groups attached to an aromatic ring is 1. The largest absolute Gasteiger partial charge is 0.496 e. The van der Waals surface area contributed by atoms with Gasteiger partial charge in [-0.25, -0.2) is 29.9 Å². The zero-order chi connectivity index (χ0) is 53.1. The number of nitrogens with zero attached hydrogens (tertiary/aromatic N) is 12. The van der Waals surface area contributed by atoms with Gasteiger partial charge in [0.05, 0.1) is 73.4 Å². The van der Waals surface area contributed by atoms with Crippen LogP contribution in [0.2, 0.25) is 5.15 Å². The number of benzene rings is 6. The van der Waals surface area contributed by atoms with Crippen LogP contribution in [-0.2, 0) is 19.5 Å². The summed E-state index contributed by atoms with van der Waals surface area (Å²) in [4.78, 5) is 36.0. The highest BCUT2D eigenvalue weighted by Gasteiger charge is 2.20. The van der Waals surface area contributed by atoms with Crippen molar-refractivity contribution in [3.8, 4) is 34.0 Å². The standard InChI is InChI=1S/C31H32N6O.C19H23N5.C11H9ClN2O/c1-35-13-15-36(16-14-35)29-12-11-23(17-24(29)20-37-22-34-27-8-4-5-9-30(27)37)18-25-19-28(33-21-32-25)26-7-3-6-10-31(26)38-2;1-22-8-10-23(11-9-22)18-7-6-16(20)12-15(18)13-24-14-21-17-4-2-3-5-19(17)24;1-15-10-5-3-2-4-8(10)9-6-11(12)14-7-13-9/h3-12,17,19,21-22H,13-16,18,20H2,1-2H3;2-7,12,14H,8-11,13,20H2,1H3;2-7H,1H3. The first-order valence-electron chi connectivity index (χ1n) is 25.9. The monoisotopic (exact) mass is 1050 g/mol. The normalized spacial score (nSPS) is 13.9. The molecular formula is C61H64ClN13O2. The molecule has 0 aliphatic carbocycles. The molecule has 0 saturated carbocycles. The van der Waals surface area contributed by atoms with Gasteiger partial charge in [0.15, 0.2) is 0 Å². The summed E-state index contributed by atoms with van der Waals surface area (Å²) in [6, 6.07) is 49.1. The number of piperazine rings is 2. The Balaban J connectivity index is 0.000000146. The highest BCUT2D eigenvalue weighted by molar-refractivity contribution is 6.29. The summed E-state index contributed by atoms with van der Waals surface area (Å²) < 4.78 is 15.2. The SMILES string of the molecule is CN1CCN(c2ccc(N)cc2Cn2cnc3ccccc32)CC1.COc1ccccc1-c1cc(Cc2ccc(N3CCN(C)CC3)c(Cn3cnc4ccccc43)c2)ncn1.COc1ccccc1-c1cc(Cl)ncn1. The maximum Gasteiger partial charge on any atom is 0.133 e. The molecule has 0 radical (unpaired) electrons. The number of likely N-dealkylation sites (N-methyl/N-ethyl adjacent to an activating group) is 2. The molecule has 15 nitrogen and oxygen atoms in total. The van der Waals surface area contributed by atoms with Gasteiger partial charge in [-0.05, 0) is 110 Å². The number of rotatable bonds is 12.